The number of aryl methyl sites for hydroxylation is 1. The Morgan fingerprint density at radius 3 is 2.75 bits per heavy atom. The quantitative estimate of drug-likeness (QED) is 0.899. The Morgan fingerprint density at radius 2 is 2.10 bits per heavy atom. The molecule has 4 heteroatoms. The molecule has 4 nitrogen and oxygen atoms in total. The largest absolute Gasteiger partial charge is 0.314 e. The highest BCUT2D eigenvalue weighted by Crippen LogP contribution is 2.43. The highest BCUT2D eigenvalue weighted by molar-refractivity contribution is 4.98. The fourth-order valence-corrected chi connectivity index (χ4v) is 3.66. The summed E-state index contributed by atoms with van der Waals surface area (Å²) in [5.74, 6) is 1.56. The van der Waals surface area contributed by atoms with E-state index in [1.807, 2.05) is 11.7 Å². The molecule has 20 heavy (non-hydrogen) atoms. The molecule has 2 saturated carbocycles. The Labute approximate surface area is 122 Å². The molecule has 0 radical (unpaired) electrons. The fraction of sp³-hybridized carbons (Fsp3) is 0.875. The van der Waals surface area contributed by atoms with Crippen LogP contribution >= 0.6 is 0 Å². The number of hydrogen-bond donors (Lipinski definition) is 1. The van der Waals surface area contributed by atoms with E-state index in [0.29, 0.717) is 5.41 Å². The summed E-state index contributed by atoms with van der Waals surface area (Å²) in [7, 11) is 1.95. The van der Waals surface area contributed by atoms with Crippen molar-refractivity contribution in [2.24, 2.45) is 24.3 Å². The van der Waals surface area contributed by atoms with Crippen molar-refractivity contribution in [3.05, 3.63) is 11.9 Å². The molecule has 0 bridgehead atoms. The normalized spacial score (nSPS) is 29.6. The fourth-order valence-electron chi connectivity index (χ4n) is 3.66. The summed E-state index contributed by atoms with van der Waals surface area (Å²) in [4.78, 5) is 0. The van der Waals surface area contributed by atoms with Crippen molar-refractivity contribution in [2.75, 3.05) is 6.54 Å². The molecule has 0 amide bonds. The lowest BCUT2D eigenvalue weighted by atomic mass is 9.66. The second kappa shape index (κ2) is 5.47. The van der Waals surface area contributed by atoms with Crippen LogP contribution in [0.5, 0.6) is 0 Å². The Balaban J connectivity index is 1.63. The van der Waals surface area contributed by atoms with Crippen molar-refractivity contribution < 1.29 is 0 Å². The highest BCUT2D eigenvalue weighted by atomic mass is 15.4. The van der Waals surface area contributed by atoms with Gasteiger partial charge < -0.3 is 5.32 Å². The Kier molecular flexibility index (Phi) is 3.85. The lowest BCUT2D eigenvalue weighted by Crippen LogP contribution is -2.37. The molecule has 0 spiro atoms. The third kappa shape index (κ3) is 3.60. The molecule has 2 unspecified atom stereocenters. The van der Waals surface area contributed by atoms with Crippen molar-refractivity contribution in [3.63, 3.8) is 0 Å². The maximum Gasteiger partial charge on any atom is 0.0829 e. The molecule has 2 aliphatic carbocycles. The predicted octanol–water partition coefficient (Wildman–Crippen LogP) is 2.55. The van der Waals surface area contributed by atoms with Gasteiger partial charge in [-0.25, -0.2) is 0 Å². The van der Waals surface area contributed by atoms with Gasteiger partial charge in [-0.05, 0) is 62.3 Å². The summed E-state index contributed by atoms with van der Waals surface area (Å²) >= 11 is 0. The first-order valence-corrected chi connectivity index (χ1v) is 8.10. The summed E-state index contributed by atoms with van der Waals surface area (Å²) in [6, 6.07) is 0.821. The van der Waals surface area contributed by atoms with Gasteiger partial charge in [0.1, 0.15) is 0 Å². The molecule has 1 heterocycles. The van der Waals surface area contributed by atoms with Crippen LogP contribution in [0.25, 0.3) is 0 Å². The average molecular weight is 276 g/mol. The van der Waals surface area contributed by atoms with Crippen LogP contribution in [-0.4, -0.2) is 27.6 Å². The molecule has 2 fully saturated rings. The molecule has 1 N–H and O–H groups in total. The molecule has 0 aliphatic heterocycles. The summed E-state index contributed by atoms with van der Waals surface area (Å²) in [5.41, 5.74) is 1.65. The van der Waals surface area contributed by atoms with Crippen LogP contribution in [0.15, 0.2) is 6.20 Å². The topological polar surface area (TPSA) is 42.7 Å². The van der Waals surface area contributed by atoms with Gasteiger partial charge in [-0.2, -0.15) is 0 Å². The Hall–Kier alpha value is -0.900. The third-order valence-electron chi connectivity index (χ3n) is 5.04. The summed E-state index contributed by atoms with van der Waals surface area (Å²) in [6.07, 6.45) is 9.97. The van der Waals surface area contributed by atoms with Crippen LogP contribution in [0.1, 0.15) is 51.6 Å². The summed E-state index contributed by atoms with van der Waals surface area (Å²) in [5, 5.41) is 12.1. The number of nitrogens with one attached hydrogen (secondary N) is 1. The molecule has 1 aromatic heterocycles. The van der Waals surface area contributed by atoms with E-state index < -0.39 is 0 Å². The molecule has 1 aromatic rings. The van der Waals surface area contributed by atoms with Gasteiger partial charge in [-0.15, -0.1) is 5.10 Å². The minimum atomic E-state index is 0.489. The first-order valence-electron chi connectivity index (χ1n) is 8.10. The lowest BCUT2D eigenvalue weighted by molar-refractivity contribution is 0.115. The molecule has 3 rings (SSSR count). The molecule has 0 saturated heterocycles. The van der Waals surface area contributed by atoms with E-state index in [2.05, 4.69) is 35.7 Å². The highest BCUT2D eigenvalue weighted by Gasteiger charge is 2.35. The van der Waals surface area contributed by atoms with Gasteiger partial charge in [0.2, 0.25) is 0 Å². The smallest absolute Gasteiger partial charge is 0.0829 e. The van der Waals surface area contributed by atoms with Crippen LogP contribution in [0.4, 0.5) is 0 Å². The number of hydrogen-bond acceptors (Lipinski definition) is 3. The Bertz CT molecular complexity index is 445. The first kappa shape index (κ1) is 14.1. The van der Waals surface area contributed by atoms with Crippen molar-refractivity contribution in [2.45, 2.75) is 58.4 Å². The van der Waals surface area contributed by atoms with E-state index in [1.165, 1.54) is 38.6 Å². The zero-order valence-corrected chi connectivity index (χ0v) is 13.1. The van der Waals surface area contributed by atoms with Crippen molar-refractivity contribution in [1.82, 2.24) is 20.3 Å². The van der Waals surface area contributed by atoms with Crippen LogP contribution in [0.3, 0.4) is 0 Å². The van der Waals surface area contributed by atoms with E-state index in [4.69, 9.17) is 0 Å². The van der Waals surface area contributed by atoms with Crippen LogP contribution < -0.4 is 5.32 Å². The number of aromatic nitrogens is 3. The van der Waals surface area contributed by atoms with Crippen molar-refractivity contribution in [1.29, 1.82) is 0 Å². The molecular formula is C16H28N4. The maximum atomic E-state index is 4.29. The van der Waals surface area contributed by atoms with E-state index in [9.17, 15) is 0 Å². The van der Waals surface area contributed by atoms with Gasteiger partial charge in [-0.1, -0.05) is 19.1 Å². The van der Waals surface area contributed by atoms with Gasteiger partial charge in [0.05, 0.1) is 5.69 Å². The SMILES string of the molecule is Cn1cc(CC2CC(C)(C)CCC2CNC2CC2)nn1. The standard InChI is InChI=1S/C16H28N4/c1-16(2)7-6-12(10-17-14-4-5-14)13(9-16)8-15-11-20(3)19-18-15/h11-14,17H,4-10H2,1-3H3. The minimum absolute atomic E-state index is 0.489. The van der Waals surface area contributed by atoms with Gasteiger partial charge >= 0.3 is 0 Å². The number of rotatable bonds is 5. The zero-order chi connectivity index (χ0) is 14.2. The molecule has 0 aromatic carbocycles. The minimum Gasteiger partial charge on any atom is -0.314 e. The van der Waals surface area contributed by atoms with Crippen LogP contribution in [0, 0.1) is 17.3 Å². The van der Waals surface area contributed by atoms with Gasteiger partial charge in [0.25, 0.3) is 0 Å². The maximum absolute atomic E-state index is 4.29. The van der Waals surface area contributed by atoms with Gasteiger partial charge in [0, 0.05) is 19.3 Å². The van der Waals surface area contributed by atoms with Crippen molar-refractivity contribution >= 4 is 0 Å². The molecule has 2 aliphatic rings. The van der Waals surface area contributed by atoms with Crippen LogP contribution in [0.2, 0.25) is 0 Å². The predicted molar refractivity (Wildman–Crippen MR) is 80.3 cm³/mol. The van der Waals surface area contributed by atoms with E-state index >= 15 is 0 Å². The van der Waals surface area contributed by atoms with Crippen molar-refractivity contribution in [3.8, 4) is 0 Å². The second-order valence-electron chi connectivity index (χ2n) is 7.70. The van der Waals surface area contributed by atoms with E-state index in [1.54, 1.807) is 0 Å². The Morgan fingerprint density at radius 1 is 1.30 bits per heavy atom. The zero-order valence-electron chi connectivity index (χ0n) is 13.1. The number of nitrogens with zero attached hydrogens (tertiary/aromatic N) is 3. The molecule has 112 valence electrons. The van der Waals surface area contributed by atoms with Gasteiger partial charge in [-0.3, -0.25) is 4.68 Å². The molecular weight excluding hydrogens is 248 g/mol. The molecule has 2 atom stereocenters. The monoisotopic (exact) mass is 276 g/mol. The second-order valence-corrected chi connectivity index (χ2v) is 7.70. The van der Waals surface area contributed by atoms with Crippen LogP contribution in [-0.2, 0) is 13.5 Å². The summed E-state index contributed by atoms with van der Waals surface area (Å²) in [6.45, 7) is 6.04. The summed E-state index contributed by atoms with van der Waals surface area (Å²) < 4.78 is 1.82. The van der Waals surface area contributed by atoms with E-state index in [-0.39, 0.29) is 0 Å². The first-order chi connectivity index (χ1) is 9.52. The third-order valence-corrected chi connectivity index (χ3v) is 5.04. The van der Waals surface area contributed by atoms with Gasteiger partial charge in [0.15, 0.2) is 0 Å². The average Bonchev–Trinajstić information content (AvgIpc) is 3.11. The van der Waals surface area contributed by atoms with E-state index in [0.717, 1.165) is 30.0 Å². The lowest BCUT2D eigenvalue weighted by Gasteiger charge is -2.41.